The van der Waals surface area contributed by atoms with Crippen LogP contribution in [0.3, 0.4) is 0 Å². The van der Waals surface area contributed by atoms with Gasteiger partial charge in [0.15, 0.2) is 0 Å². The van der Waals surface area contributed by atoms with E-state index >= 15 is 4.39 Å². The van der Waals surface area contributed by atoms with Gasteiger partial charge in [0.25, 0.3) is 0 Å². The van der Waals surface area contributed by atoms with Gasteiger partial charge in [0, 0.05) is 23.9 Å². The lowest BCUT2D eigenvalue weighted by Gasteiger charge is -2.29. The maximum atomic E-state index is 15.9. The molecule has 2 aliphatic rings. The van der Waals surface area contributed by atoms with Crippen LogP contribution in [0.1, 0.15) is 59.4 Å². The lowest BCUT2D eigenvalue weighted by molar-refractivity contribution is 0.414. The second-order valence-corrected chi connectivity index (χ2v) is 8.70. The Morgan fingerprint density at radius 3 is 2.81 bits per heavy atom. The van der Waals surface area contributed by atoms with Crippen molar-refractivity contribution in [1.29, 1.82) is 5.26 Å². The van der Waals surface area contributed by atoms with Crippen molar-refractivity contribution in [2.45, 2.75) is 50.9 Å². The molecule has 0 bridgehead atoms. The number of aromatic nitrogens is 1. The van der Waals surface area contributed by atoms with Gasteiger partial charge in [-0.15, -0.1) is 0 Å². The number of nitrogens with zero attached hydrogens (tertiary/aromatic N) is 2. The van der Waals surface area contributed by atoms with Crippen molar-refractivity contribution in [3.05, 3.63) is 82.3 Å². The van der Waals surface area contributed by atoms with E-state index < -0.39 is 0 Å². The van der Waals surface area contributed by atoms with Gasteiger partial charge in [-0.25, -0.2) is 9.37 Å². The molecule has 1 aliphatic carbocycles. The summed E-state index contributed by atoms with van der Waals surface area (Å²) in [5.74, 6) is 1.29. The number of rotatable bonds is 5. The van der Waals surface area contributed by atoms with Gasteiger partial charge < -0.3 is 5.32 Å². The summed E-state index contributed by atoms with van der Waals surface area (Å²) >= 11 is 0. The largest absolute Gasteiger partial charge is 0.370 e. The topological polar surface area (TPSA) is 48.7 Å². The highest BCUT2D eigenvalue weighted by atomic mass is 19.1. The van der Waals surface area contributed by atoms with Crippen molar-refractivity contribution >= 4 is 5.82 Å². The smallest absolute Gasteiger partial charge is 0.134 e. The fraction of sp³-hybridized carbons (Fsp3) is 0.333. The highest BCUT2D eigenvalue weighted by Gasteiger charge is 2.25. The molecule has 1 saturated carbocycles. The number of nitrogens with one attached hydrogen (secondary N) is 1. The summed E-state index contributed by atoms with van der Waals surface area (Å²) in [7, 11) is 0. The Kier molecular flexibility index (Phi) is 5.42. The molecule has 0 unspecified atom stereocenters. The second-order valence-electron chi connectivity index (χ2n) is 8.70. The fourth-order valence-corrected chi connectivity index (χ4v) is 4.77. The van der Waals surface area contributed by atoms with E-state index in [9.17, 15) is 5.26 Å². The molecule has 3 aromatic rings. The zero-order valence-corrected chi connectivity index (χ0v) is 17.6. The number of fused-ring (bicyclic) bond motifs is 1. The first-order valence-electron chi connectivity index (χ1n) is 11.3. The molecule has 0 atom stereocenters. The van der Waals surface area contributed by atoms with E-state index in [0.29, 0.717) is 23.5 Å². The number of nitriles is 1. The minimum absolute atomic E-state index is 0.105. The van der Waals surface area contributed by atoms with Crippen LogP contribution in [0.2, 0.25) is 0 Å². The Labute approximate surface area is 183 Å². The summed E-state index contributed by atoms with van der Waals surface area (Å²) in [4.78, 5) is 4.56. The van der Waals surface area contributed by atoms with Crippen LogP contribution < -0.4 is 5.32 Å². The Morgan fingerprint density at radius 1 is 1.10 bits per heavy atom. The lowest BCUT2D eigenvalue weighted by Crippen LogP contribution is -2.14. The van der Waals surface area contributed by atoms with E-state index in [0.717, 1.165) is 66.7 Å². The first-order valence-corrected chi connectivity index (χ1v) is 11.3. The van der Waals surface area contributed by atoms with E-state index in [4.69, 9.17) is 0 Å². The molecular weight excluding hydrogens is 385 g/mol. The number of benzene rings is 2. The lowest BCUT2D eigenvalue weighted by atomic mass is 9.76. The van der Waals surface area contributed by atoms with Crippen LogP contribution in [-0.4, -0.2) is 11.5 Å². The zero-order chi connectivity index (χ0) is 21.2. The molecule has 0 saturated heterocycles. The summed E-state index contributed by atoms with van der Waals surface area (Å²) in [6, 6.07) is 16.0. The van der Waals surface area contributed by atoms with Crippen molar-refractivity contribution in [1.82, 2.24) is 4.98 Å². The number of hydrogen-bond donors (Lipinski definition) is 1. The minimum Gasteiger partial charge on any atom is -0.370 e. The number of hydrogen-bond acceptors (Lipinski definition) is 3. The van der Waals surface area contributed by atoms with Crippen LogP contribution in [0.4, 0.5) is 10.2 Å². The molecule has 1 aliphatic heterocycles. The molecule has 31 heavy (non-hydrogen) atoms. The number of anilines is 1. The van der Waals surface area contributed by atoms with Gasteiger partial charge in [-0.2, -0.15) is 5.26 Å². The van der Waals surface area contributed by atoms with Crippen LogP contribution in [-0.2, 0) is 19.3 Å². The average Bonchev–Trinajstić information content (AvgIpc) is 2.77. The van der Waals surface area contributed by atoms with E-state index in [1.54, 1.807) is 6.20 Å². The zero-order valence-electron chi connectivity index (χ0n) is 17.6. The van der Waals surface area contributed by atoms with Gasteiger partial charge in [-0.05, 0) is 84.9 Å². The molecule has 0 spiro atoms. The van der Waals surface area contributed by atoms with Gasteiger partial charge in [0.2, 0.25) is 0 Å². The maximum Gasteiger partial charge on any atom is 0.134 e. The Balaban J connectivity index is 1.50. The molecule has 2 heterocycles. The third-order valence-electron chi connectivity index (χ3n) is 6.74. The number of halogens is 1. The van der Waals surface area contributed by atoms with Gasteiger partial charge in [0.1, 0.15) is 11.6 Å². The molecule has 4 heteroatoms. The number of aryl methyl sites for hydroxylation is 2. The summed E-state index contributed by atoms with van der Waals surface area (Å²) in [6.07, 6.45) is 8.71. The van der Waals surface area contributed by atoms with Crippen molar-refractivity contribution in [2.24, 2.45) is 0 Å². The molecule has 1 N–H and O–H groups in total. The Bertz CT molecular complexity index is 1160. The minimum atomic E-state index is -0.105. The summed E-state index contributed by atoms with van der Waals surface area (Å²) in [5.41, 5.74) is 6.39. The van der Waals surface area contributed by atoms with E-state index in [1.165, 1.54) is 12.0 Å². The van der Waals surface area contributed by atoms with Crippen molar-refractivity contribution in [3.63, 3.8) is 0 Å². The molecule has 0 radical (unpaired) electrons. The second kappa shape index (κ2) is 8.51. The highest BCUT2D eigenvalue weighted by molar-refractivity contribution is 5.68. The monoisotopic (exact) mass is 411 g/mol. The standard InChI is InChI=1S/C27H26FN3/c28-26-24(22-15-21-8-3-13-30-27(21)31-17-22)12-11-23(20-6-2-7-20)25(26)10-9-18-4-1-5-19(14-18)16-29/h1,4-5,11-12,14-15,17,20H,2-3,6-10,13H2,(H,30,31). The SMILES string of the molecule is N#Cc1cccc(CCc2c(C3CCC3)ccc(-c3cnc4c(c3)CCCN4)c2F)c1. The van der Waals surface area contributed by atoms with Crippen LogP contribution in [0.5, 0.6) is 0 Å². The third kappa shape index (κ3) is 3.93. The molecule has 156 valence electrons. The number of pyridine rings is 1. The molecule has 1 aromatic heterocycles. The highest BCUT2D eigenvalue weighted by Crippen LogP contribution is 2.41. The maximum absolute atomic E-state index is 15.9. The van der Waals surface area contributed by atoms with E-state index in [2.05, 4.69) is 28.5 Å². The summed E-state index contributed by atoms with van der Waals surface area (Å²) in [6.45, 7) is 0.945. The Hall–Kier alpha value is -3.19. The molecule has 2 aromatic carbocycles. The Morgan fingerprint density at radius 2 is 2.00 bits per heavy atom. The van der Waals surface area contributed by atoms with E-state index in [1.807, 2.05) is 30.3 Å². The predicted molar refractivity (Wildman–Crippen MR) is 122 cm³/mol. The van der Waals surface area contributed by atoms with Crippen molar-refractivity contribution in [3.8, 4) is 17.2 Å². The molecule has 5 rings (SSSR count). The third-order valence-corrected chi connectivity index (χ3v) is 6.74. The van der Waals surface area contributed by atoms with Gasteiger partial charge >= 0.3 is 0 Å². The first kappa shape index (κ1) is 19.8. The van der Waals surface area contributed by atoms with Crippen LogP contribution in [0.25, 0.3) is 11.1 Å². The molecule has 3 nitrogen and oxygen atoms in total. The average molecular weight is 412 g/mol. The van der Waals surface area contributed by atoms with Crippen LogP contribution in [0.15, 0.2) is 48.7 Å². The van der Waals surface area contributed by atoms with Gasteiger partial charge in [-0.3, -0.25) is 0 Å². The molecule has 0 amide bonds. The van der Waals surface area contributed by atoms with E-state index in [-0.39, 0.29) is 5.82 Å². The van der Waals surface area contributed by atoms with Crippen molar-refractivity contribution < 1.29 is 4.39 Å². The molecule has 1 fully saturated rings. The van der Waals surface area contributed by atoms with Gasteiger partial charge in [0.05, 0.1) is 11.6 Å². The van der Waals surface area contributed by atoms with Crippen molar-refractivity contribution in [2.75, 3.05) is 11.9 Å². The fourth-order valence-electron chi connectivity index (χ4n) is 4.77. The predicted octanol–water partition coefficient (Wildman–Crippen LogP) is 6.17. The van der Waals surface area contributed by atoms with Gasteiger partial charge in [-0.1, -0.05) is 30.7 Å². The van der Waals surface area contributed by atoms with Crippen LogP contribution in [0, 0.1) is 17.1 Å². The summed E-state index contributed by atoms with van der Waals surface area (Å²) in [5, 5.41) is 12.5. The molecular formula is C27H26FN3. The van der Waals surface area contributed by atoms with Crippen LogP contribution >= 0.6 is 0 Å². The normalized spacial score (nSPS) is 15.5. The first-order chi connectivity index (χ1) is 15.2. The quantitative estimate of drug-likeness (QED) is 0.546. The summed E-state index contributed by atoms with van der Waals surface area (Å²) < 4.78 is 15.9.